The van der Waals surface area contributed by atoms with Crippen molar-refractivity contribution in [2.24, 2.45) is 0 Å². The molecule has 0 amide bonds. The van der Waals surface area contributed by atoms with Gasteiger partial charge in [-0.3, -0.25) is 4.79 Å². The zero-order valence-corrected chi connectivity index (χ0v) is 10.9. The maximum atomic E-state index is 12.3. The van der Waals surface area contributed by atoms with Gasteiger partial charge in [-0.05, 0) is 24.3 Å². The third-order valence-electron chi connectivity index (χ3n) is 2.42. The monoisotopic (exact) mass is 300 g/mol. The Morgan fingerprint density at radius 2 is 2.00 bits per heavy atom. The van der Waals surface area contributed by atoms with Crippen LogP contribution >= 0.6 is 0 Å². The number of oxazole rings is 1. The van der Waals surface area contributed by atoms with Crippen LogP contribution < -0.4 is 10.1 Å². The first-order valence-electron chi connectivity index (χ1n) is 5.99. The second kappa shape index (κ2) is 5.86. The average molecular weight is 300 g/mol. The SMILES string of the molecule is CCC(=O)Oc1ccc(Nc2nc(C(F)(F)F)co2)cc1. The third-order valence-corrected chi connectivity index (χ3v) is 2.42. The van der Waals surface area contributed by atoms with E-state index in [1.165, 1.54) is 24.3 Å². The quantitative estimate of drug-likeness (QED) is 0.688. The summed E-state index contributed by atoms with van der Waals surface area (Å²) in [7, 11) is 0. The molecule has 2 aromatic rings. The maximum absolute atomic E-state index is 12.3. The Labute approximate surface area is 117 Å². The third kappa shape index (κ3) is 3.98. The zero-order valence-electron chi connectivity index (χ0n) is 10.9. The topological polar surface area (TPSA) is 64.4 Å². The normalized spacial score (nSPS) is 11.2. The van der Waals surface area contributed by atoms with E-state index in [-0.39, 0.29) is 18.4 Å². The van der Waals surface area contributed by atoms with Crippen molar-refractivity contribution in [3.63, 3.8) is 0 Å². The lowest BCUT2D eigenvalue weighted by molar-refractivity contribution is -0.141. The van der Waals surface area contributed by atoms with E-state index in [4.69, 9.17) is 4.74 Å². The van der Waals surface area contributed by atoms with Crippen LogP contribution in [0.2, 0.25) is 0 Å². The summed E-state index contributed by atoms with van der Waals surface area (Å²) < 4.78 is 46.7. The van der Waals surface area contributed by atoms with E-state index in [1.807, 2.05) is 0 Å². The highest BCUT2D eigenvalue weighted by Crippen LogP contribution is 2.30. The first-order valence-corrected chi connectivity index (χ1v) is 5.99. The molecule has 1 heterocycles. The highest BCUT2D eigenvalue weighted by Gasteiger charge is 2.34. The summed E-state index contributed by atoms with van der Waals surface area (Å²) in [5.74, 6) is -0.0333. The van der Waals surface area contributed by atoms with Gasteiger partial charge in [0, 0.05) is 12.1 Å². The van der Waals surface area contributed by atoms with Crippen molar-refractivity contribution in [3.8, 4) is 5.75 Å². The van der Waals surface area contributed by atoms with Gasteiger partial charge in [0.1, 0.15) is 12.0 Å². The molecule has 0 spiro atoms. The Balaban J connectivity index is 2.03. The molecule has 1 aromatic heterocycles. The molecule has 0 saturated heterocycles. The molecule has 1 aromatic carbocycles. The van der Waals surface area contributed by atoms with Gasteiger partial charge < -0.3 is 14.5 Å². The first kappa shape index (κ1) is 14.9. The summed E-state index contributed by atoms with van der Waals surface area (Å²) in [4.78, 5) is 14.4. The first-order chi connectivity index (χ1) is 9.88. The Bertz CT molecular complexity index is 620. The number of benzene rings is 1. The summed E-state index contributed by atoms with van der Waals surface area (Å²) >= 11 is 0. The summed E-state index contributed by atoms with van der Waals surface area (Å²) in [6, 6.07) is 5.78. The number of nitrogens with zero attached hydrogens (tertiary/aromatic N) is 1. The van der Waals surface area contributed by atoms with Crippen LogP contribution in [0.3, 0.4) is 0 Å². The zero-order chi connectivity index (χ0) is 15.5. The smallest absolute Gasteiger partial charge is 0.431 e. The fraction of sp³-hybridized carbons (Fsp3) is 0.231. The number of halogens is 3. The molecule has 0 saturated carbocycles. The number of carbonyl (C=O) groups excluding carboxylic acids is 1. The molecule has 112 valence electrons. The highest BCUT2D eigenvalue weighted by atomic mass is 19.4. The Morgan fingerprint density at radius 3 is 2.52 bits per heavy atom. The lowest BCUT2D eigenvalue weighted by atomic mass is 10.3. The van der Waals surface area contributed by atoms with E-state index in [2.05, 4.69) is 14.7 Å². The van der Waals surface area contributed by atoms with E-state index in [9.17, 15) is 18.0 Å². The predicted octanol–water partition coefficient (Wildman–Crippen LogP) is 3.75. The number of anilines is 2. The molecule has 0 radical (unpaired) electrons. The molecular weight excluding hydrogens is 289 g/mol. The van der Waals surface area contributed by atoms with E-state index in [1.54, 1.807) is 6.92 Å². The maximum Gasteiger partial charge on any atom is 0.436 e. The molecule has 0 aliphatic rings. The van der Waals surface area contributed by atoms with Crippen LogP contribution in [0.5, 0.6) is 5.75 Å². The summed E-state index contributed by atoms with van der Waals surface area (Å²) in [6.45, 7) is 1.67. The Morgan fingerprint density at radius 1 is 1.33 bits per heavy atom. The van der Waals surface area contributed by atoms with Crippen LogP contribution in [-0.4, -0.2) is 11.0 Å². The van der Waals surface area contributed by atoms with Crippen LogP contribution in [0.15, 0.2) is 34.9 Å². The molecular formula is C13H11F3N2O3. The second-order valence-electron chi connectivity index (χ2n) is 4.01. The average Bonchev–Trinajstić information content (AvgIpc) is 2.89. The fourth-order valence-corrected chi connectivity index (χ4v) is 1.39. The van der Waals surface area contributed by atoms with Gasteiger partial charge in [-0.25, -0.2) is 0 Å². The summed E-state index contributed by atoms with van der Waals surface area (Å²) in [6.07, 6.45) is -3.78. The van der Waals surface area contributed by atoms with Crippen LogP contribution in [0.25, 0.3) is 0 Å². The Kier molecular flexibility index (Phi) is 4.15. The number of hydrogen-bond acceptors (Lipinski definition) is 5. The van der Waals surface area contributed by atoms with Gasteiger partial charge in [-0.15, -0.1) is 0 Å². The standard InChI is InChI=1S/C13H11F3N2O3/c1-2-11(19)21-9-5-3-8(4-6-9)17-12-18-10(7-20-12)13(14,15)16/h3-7H,2H2,1H3,(H,17,18). The molecule has 8 heteroatoms. The molecule has 0 fully saturated rings. The molecule has 5 nitrogen and oxygen atoms in total. The van der Waals surface area contributed by atoms with Crippen molar-refractivity contribution in [1.29, 1.82) is 0 Å². The van der Waals surface area contributed by atoms with Crippen molar-refractivity contribution < 1.29 is 27.1 Å². The van der Waals surface area contributed by atoms with Gasteiger partial charge >= 0.3 is 12.1 Å². The van der Waals surface area contributed by atoms with Crippen molar-refractivity contribution >= 4 is 17.7 Å². The largest absolute Gasteiger partial charge is 0.436 e. The number of alkyl halides is 3. The van der Waals surface area contributed by atoms with E-state index in [0.717, 1.165) is 0 Å². The number of esters is 1. The number of carbonyl (C=O) groups is 1. The second-order valence-corrected chi connectivity index (χ2v) is 4.01. The Hall–Kier alpha value is -2.51. The van der Waals surface area contributed by atoms with Crippen molar-refractivity contribution in [2.45, 2.75) is 19.5 Å². The lowest BCUT2D eigenvalue weighted by Gasteiger charge is -2.05. The predicted molar refractivity (Wildman–Crippen MR) is 67.2 cm³/mol. The molecule has 0 atom stereocenters. The number of aromatic nitrogens is 1. The fourth-order valence-electron chi connectivity index (χ4n) is 1.39. The van der Waals surface area contributed by atoms with Gasteiger partial charge in [0.2, 0.25) is 0 Å². The minimum absolute atomic E-state index is 0.247. The van der Waals surface area contributed by atoms with Crippen LogP contribution in [0, 0.1) is 0 Å². The van der Waals surface area contributed by atoms with Crippen LogP contribution in [-0.2, 0) is 11.0 Å². The van der Waals surface area contributed by atoms with Gasteiger partial charge in [0.15, 0.2) is 5.69 Å². The van der Waals surface area contributed by atoms with Crippen molar-refractivity contribution in [2.75, 3.05) is 5.32 Å². The highest BCUT2D eigenvalue weighted by molar-refractivity contribution is 5.72. The number of hydrogen-bond donors (Lipinski definition) is 1. The summed E-state index contributed by atoms with van der Waals surface area (Å²) in [5.41, 5.74) is -0.666. The van der Waals surface area contributed by atoms with Gasteiger partial charge in [-0.2, -0.15) is 18.2 Å². The molecule has 0 aliphatic carbocycles. The minimum Gasteiger partial charge on any atom is -0.431 e. The molecule has 0 bridgehead atoms. The van der Waals surface area contributed by atoms with E-state index < -0.39 is 11.9 Å². The van der Waals surface area contributed by atoms with Crippen LogP contribution in [0.1, 0.15) is 19.0 Å². The van der Waals surface area contributed by atoms with E-state index in [0.29, 0.717) is 17.7 Å². The van der Waals surface area contributed by atoms with Gasteiger partial charge in [-0.1, -0.05) is 6.92 Å². The lowest BCUT2D eigenvalue weighted by Crippen LogP contribution is -2.05. The molecule has 0 unspecified atom stereocenters. The number of nitrogens with one attached hydrogen (secondary N) is 1. The summed E-state index contributed by atoms with van der Waals surface area (Å²) in [5, 5.41) is 2.57. The van der Waals surface area contributed by atoms with E-state index >= 15 is 0 Å². The molecule has 21 heavy (non-hydrogen) atoms. The van der Waals surface area contributed by atoms with Gasteiger partial charge in [0.05, 0.1) is 0 Å². The molecule has 0 aliphatic heterocycles. The van der Waals surface area contributed by atoms with Crippen molar-refractivity contribution in [3.05, 3.63) is 36.2 Å². The van der Waals surface area contributed by atoms with Gasteiger partial charge in [0.25, 0.3) is 6.01 Å². The molecule has 1 N–H and O–H groups in total. The molecule has 2 rings (SSSR count). The van der Waals surface area contributed by atoms with Crippen LogP contribution in [0.4, 0.5) is 24.9 Å². The minimum atomic E-state index is -4.55. The van der Waals surface area contributed by atoms with Crippen molar-refractivity contribution in [1.82, 2.24) is 4.98 Å². The number of rotatable bonds is 4. The number of ether oxygens (including phenoxy) is 1.